The molecule has 1 aliphatic rings. The summed E-state index contributed by atoms with van der Waals surface area (Å²) in [5.41, 5.74) is 1.77. The summed E-state index contributed by atoms with van der Waals surface area (Å²) >= 11 is 0. The molecule has 0 amide bonds. The molecule has 0 aliphatic heterocycles. The van der Waals surface area contributed by atoms with E-state index in [1.54, 1.807) is 6.07 Å². The molecule has 94 valence electrons. The van der Waals surface area contributed by atoms with E-state index in [0.29, 0.717) is 5.69 Å². The first-order valence-corrected chi connectivity index (χ1v) is 6.76. The maximum atomic E-state index is 13.5. The Bertz CT molecular complexity index is 354. The Morgan fingerprint density at radius 1 is 1.18 bits per heavy atom. The summed E-state index contributed by atoms with van der Waals surface area (Å²) in [6, 6.07) is 5.25. The Morgan fingerprint density at radius 2 is 1.88 bits per heavy atom. The van der Waals surface area contributed by atoms with Crippen LogP contribution in [0.2, 0.25) is 0 Å². The molecular formula is C15H22FN. The van der Waals surface area contributed by atoms with Crippen LogP contribution in [-0.2, 0) is 0 Å². The Kier molecular flexibility index (Phi) is 4.41. The second kappa shape index (κ2) is 6.04. The zero-order valence-electron chi connectivity index (χ0n) is 10.6. The normalized spacial score (nSPS) is 17.8. The number of aryl methyl sites for hydroxylation is 1. The van der Waals surface area contributed by atoms with Gasteiger partial charge in [0.15, 0.2) is 0 Å². The van der Waals surface area contributed by atoms with Crippen molar-refractivity contribution >= 4 is 5.69 Å². The number of anilines is 1. The third-order valence-corrected chi connectivity index (χ3v) is 3.68. The van der Waals surface area contributed by atoms with Crippen molar-refractivity contribution in [1.29, 1.82) is 0 Å². The highest BCUT2D eigenvalue weighted by atomic mass is 19.1. The third kappa shape index (κ3) is 3.72. The zero-order chi connectivity index (χ0) is 12.1. The number of hydrogen-bond donors (Lipinski definition) is 1. The third-order valence-electron chi connectivity index (χ3n) is 3.68. The Labute approximate surface area is 103 Å². The van der Waals surface area contributed by atoms with Crippen molar-refractivity contribution < 1.29 is 4.39 Å². The highest BCUT2D eigenvalue weighted by molar-refractivity contribution is 5.47. The van der Waals surface area contributed by atoms with Gasteiger partial charge in [0.1, 0.15) is 5.82 Å². The molecule has 1 saturated carbocycles. The van der Waals surface area contributed by atoms with Gasteiger partial charge >= 0.3 is 0 Å². The van der Waals surface area contributed by atoms with E-state index in [4.69, 9.17) is 0 Å². The highest BCUT2D eigenvalue weighted by Crippen LogP contribution is 2.24. The summed E-state index contributed by atoms with van der Waals surface area (Å²) < 4.78 is 13.5. The minimum atomic E-state index is -0.135. The largest absolute Gasteiger partial charge is 0.382 e. The molecule has 2 heteroatoms. The average Bonchev–Trinajstić information content (AvgIpc) is 2.59. The summed E-state index contributed by atoms with van der Waals surface area (Å²) in [5, 5.41) is 3.28. The lowest BCUT2D eigenvalue weighted by molar-refractivity contribution is 0.482. The standard InChI is InChI=1S/C15H22FN/c1-12-8-9-14(16)15(10-12)17-11-13-6-4-2-3-5-7-13/h8-10,13,17H,2-7,11H2,1H3. The van der Waals surface area contributed by atoms with Crippen LogP contribution in [0.25, 0.3) is 0 Å². The second-order valence-electron chi connectivity index (χ2n) is 5.22. The predicted octanol–water partition coefficient (Wildman–Crippen LogP) is 4.52. The zero-order valence-corrected chi connectivity index (χ0v) is 10.6. The van der Waals surface area contributed by atoms with E-state index in [-0.39, 0.29) is 5.82 Å². The van der Waals surface area contributed by atoms with Gasteiger partial charge in [0.25, 0.3) is 0 Å². The van der Waals surface area contributed by atoms with Gasteiger partial charge < -0.3 is 5.32 Å². The molecule has 1 fully saturated rings. The van der Waals surface area contributed by atoms with Crippen LogP contribution >= 0.6 is 0 Å². The number of rotatable bonds is 3. The molecule has 0 bridgehead atoms. The predicted molar refractivity (Wildman–Crippen MR) is 70.8 cm³/mol. The SMILES string of the molecule is Cc1ccc(F)c(NCC2CCCCCC2)c1. The summed E-state index contributed by atoms with van der Waals surface area (Å²) in [6.45, 7) is 2.91. The average molecular weight is 235 g/mol. The van der Waals surface area contributed by atoms with E-state index < -0.39 is 0 Å². The molecule has 0 saturated heterocycles. The van der Waals surface area contributed by atoms with Crippen molar-refractivity contribution in [2.24, 2.45) is 5.92 Å². The molecular weight excluding hydrogens is 213 g/mol. The first-order chi connectivity index (χ1) is 8.25. The van der Waals surface area contributed by atoms with Crippen molar-refractivity contribution in [1.82, 2.24) is 0 Å². The van der Waals surface area contributed by atoms with E-state index in [0.717, 1.165) is 18.0 Å². The van der Waals surface area contributed by atoms with E-state index in [1.807, 2.05) is 19.1 Å². The number of halogens is 1. The lowest BCUT2D eigenvalue weighted by Gasteiger charge is -2.16. The fraction of sp³-hybridized carbons (Fsp3) is 0.600. The van der Waals surface area contributed by atoms with Gasteiger partial charge in [0, 0.05) is 6.54 Å². The topological polar surface area (TPSA) is 12.0 Å². The fourth-order valence-corrected chi connectivity index (χ4v) is 2.60. The number of nitrogens with one attached hydrogen (secondary N) is 1. The second-order valence-corrected chi connectivity index (χ2v) is 5.22. The molecule has 17 heavy (non-hydrogen) atoms. The summed E-state index contributed by atoms with van der Waals surface area (Å²) in [6.07, 6.45) is 8.00. The van der Waals surface area contributed by atoms with E-state index in [2.05, 4.69) is 5.32 Å². The lowest BCUT2D eigenvalue weighted by Crippen LogP contribution is -2.14. The maximum Gasteiger partial charge on any atom is 0.146 e. The van der Waals surface area contributed by atoms with E-state index >= 15 is 0 Å². The van der Waals surface area contributed by atoms with Crippen LogP contribution in [0.1, 0.15) is 44.1 Å². The highest BCUT2D eigenvalue weighted by Gasteiger charge is 2.12. The van der Waals surface area contributed by atoms with Crippen LogP contribution in [0.15, 0.2) is 18.2 Å². The quantitative estimate of drug-likeness (QED) is 0.760. The molecule has 0 unspecified atom stereocenters. The van der Waals surface area contributed by atoms with Gasteiger partial charge in [-0.25, -0.2) is 4.39 Å². The van der Waals surface area contributed by atoms with E-state index in [9.17, 15) is 4.39 Å². The van der Waals surface area contributed by atoms with Crippen LogP contribution < -0.4 is 5.32 Å². The van der Waals surface area contributed by atoms with Crippen LogP contribution in [0.4, 0.5) is 10.1 Å². The van der Waals surface area contributed by atoms with Crippen LogP contribution in [0.5, 0.6) is 0 Å². The maximum absolute atomic E-state index is 13.5. The molecule has 1 aliphatic carbocycles. The molecule has 0 aromatic heterocycles. The first kappa shape index (κ1) is 12.4. The lowest BCUT2D eigenvalue weighted by atomic mass is 10.0. The molecule has 0 radical (unpaired) electrons. The van der Waals surface area contributed by atoms with Gasteiger partial charge in [-0.3, -0.25) is 0 Å². The van der Waals surface area contributed by atoms with Crippen LogP contribution in [-0.4, -0.2) is 6.54 Å². The molecule has 0 spiro atoms. The first-order valence-electron chi connectivity index (χ1n) is 6.76. The minimum absolute atomic E-state index is 0.135. The Morgan fingerprint density at radius 3 is 2.59 bits per heavy atom. The van der Waals surface area contributed by atoms with Gasteiger partial charge in [0.2, 0.25) is 0 Å². The minimum Gasteiger partial charge on any atom is -0.382 e. The van der Waals surface area contributed by atoms with Crippen molar-refractivity contribution in [2.45, 2.75) is 45.4 Å². The van der Waals surface area contributed by atoms with E-state index in [1.165, 1.54) is 38.5 Å². The molecule has 1 aromatic carbocycles. The number of hydrogen-bond acceptors (Lipinski definition) is 1. The van der Waals surface area contributed by atoms with Gasteiger partial charge in [-0.2, -0.15) is 0 Å². The summed E-state index contributed by atoms with van der Waals surface area (Å²) in [4.78, 5) is 0. The molecule has 1 nitrogen and oxygen atoms in total. The van der Waals surface area contributed by atoms with Crippen molar-refractivity contribution in [3.8, 4) is 0 Å². The smallest absolute Gasteiger partial charge is 0.146 e. The van der Waals surface area contributed by atoms with Gasteiger partial charge in [-0.05, 0) is 43.4 Å². The molecule has 0 heterocycles. The van der Waals surface area contributed by atoms with Crippen molar-refractivity contribution in [3.63, 3.8) is 0 Å². The van der Waals surface area contributed by atoms with Gasteiger partial charge in [0.05, 0.1) is 5.69 Å². The monoisotopic (exact) mass is 235 g/mol. The Hall–Kier alpha value is -1.05. The van der Waals surface area contributed by atoms with Gasteiger partial charge in [-0.1, -0.05) is 31.7 Å². The van der Waals surface area contributed by atoms with Crippen molar-refractivity contribution in [2.75, 3.05) is 11.9 Å². The Balaban J connectivity index is 1.89. The van der Waals surface area contributed by atoms with Crippen LogP contribution in [0, 0.1) is 18.7 Å². The molecule has 2 rings (SSSR count). The molecule has 1 N–H and O–H groups in total. The van der Waals surface area contributed by atoms with Crippen LogP contribution in [0.3, 0.4) is 0 Å². The summed E-state index contributed by atoms with van der Waals surface area (Å²) in [5.74, 6) is 0.585. The fourth-order valence-electron chi connectivity index (χ4n) is 2.60. The van der Waals surface area contributed by atoms with Gasteiger partial charge in [-0.15, -0.1) is 0 Å². The molecule has 1 aromatic rings. The summed E-state index contributed by atoms with van der Waals surface area (Å²) in [7, 11) is 0. The molecule has 0 atom stereocenters. The van der Waals surface area contributed by atoms with Crippen molar-refractivity contribution in [3.05, 3.63) is 29.6 Å². The number of benzene rings is 1.